The lowest BCUT2D eigenvalue weighted by atomic mass is 10.2. The van der Waals surface area contributed by atoms with Gasteiger partial charge in [0.15, 0.2) is 0 Å². The number of hydrogen-bond acceptors (Lipinski definition) is 4. The molecular formula is C10H12O4. The van der Waals surface area contributed by atoms with E-state index in [0.717, 1.165) is 0 Å². The molecule has 14 heavy (non-hydrogen) atoms. The van der Waals surface area contributed by atoms with Crippen LogP contribution in [0.2, 0.25) is 0 Å². The molecule has 0 radical (unpaired) electrons. The normalized spacial score (nSPS) is 23.1. The van der Waals surface area contributed by atoms with Gasteiger partial charge in [-0.15, -0.1) is 0 Å². The van der Waals surface area contributed by atoms with Crippen molar-refractivity contribution in [2.75, 3.05) is 0 Å². The lowest BCUT2D eigenvalue weighted by Crippen LogP contribution is -2.19. The Hall–Kier alpha value is -1.39. The lowest BCUT2D eigenvalue weighted by Gasteiger charge is -2.06. The molecule has 2 unspecified atom stereocenters. The van der Waals surface area contributed by atoms with E-state index in [1.165, 1.54) is 37.3 Å². The second-order valence-corrected chi connectivity index (χ2v) is 2.94. The Labute approximate surface area is 81.8 Å². The van der Waals surface area contributed by atoms with E-state index in [1.54, 1.807) is 0 Å². The van der Waals surface area contributed by atoms with Crippen molar-refractivity contribution in [3.63, 3.8) is 0 Å². The van der Waals surface area contributed by atoms with Crippen LogP contribution in [-0.4, -0.2) is 28.4 Å². The van der Waals surface area contributed by atoms with E-state index in [9.17, 15) is 4.79 Å². The van der Waals surface area contributed by atoms with Crippen LogP contribution < -0.4 is 0 Å². The largest absolute Gasteiger partial charge is 0.423 e. The Morgan fingerprint density at radius 3 is 2.64 bits per heavy atom. The third kappa shape index (κ3) is 3.16. The maximum atomic E-state index is 10.6. The summed E-state index contributed by atoms with van der Waals surface area (Å²) in [5, 5.41) is 18.1. The molecule has 4 nitrogen and oxygen atoms in total. The lowest BCUT2D eigenvalue weighted by molar-refractivity contribution is -0.132. The maximum absolute atomic E-state index is 10.6. The molecule has 0 aliphatic carbocycles. The average Bonchev–Trinajstić information content (AvgIpc) is 2.51. The molecule has 0 amide bonds. The fraction of sp³-hybridized carbons (Fsp3) is 0.300. The fourth-order valence-corrected chi connectivity index (χ4v) is 0.849. The zero-order chi connectivity index (χ0) is 10.6. The summed E-state index contributed by atoms with van der Waals surface area (Å²) in [6.07, 6.45) is 5.59. The Bertz CT molecular complexity index is 299. The summed E-state index contributed by atoms with van der Waals surface area (Å²) >= 11 is 0. The highest BCUT2D eigenvalue weighted by Gasteiger charge is 2.08. The molecule has 76 valence electrons. The van der Waals surface area contributed by atoms with Crippen LogP contribution in [0, 0.1) is 0 Å². The Balaban J connectivity index is 2.47. The van der Waals surface area contributed by atoms with Crippen molar-refractivity contribution in [1.82, 2.24) is 0 Å². The second kappa shape index (κ2) is 4.74. The highest BCUT2D eigenvalue weighted by atomic mass is 16.5. The van der Waals surface area contributed by atoms with Gasteiger partial charge < -0.3 is 14.9 Å². The molecule has 2 atom stereocenters. The smallest absolute Gasteiger partial charge is 0.336 e. The molecule has 1 aliphatic rings. The number of rotatable bonds is 3. The molecule has 1 heterocycles. The molecule has 4 heteroatoms. The third-order valence-corrected chi connectivity index (χ3v) is 1.67. The van der Waals surface area contributed by atoms with Crippen molar-refractivity contribution in [1.29, 1.82) is 0 Å². The molecule has 1 rings (SSSR count). The molecule has 1 aliphatic heterocycles. The van der Waals surface area contributed by atoms with E-state index >= 15 is 0 Å². The average molecular weight is 196 g/mol. The van der Waals surface area contributed by atoms with Gasteiger partial charge in [0.1, 0.15) is 5.76 Å². The maximum Gasteiger partial charge on any atom is 0.336 e. The van der Waals surface area contributed by atoms with Crippen molar-refractivity contribution in [3.8, 4) is 0 Å². The number of cyclic esters (lactones) is 1. The first-order valence-electron chi connectivity index (χ1n) is 4.24. The van der Waals surface area contributed by atoms with Crippen molar-refractivity contribution >= 4 is 5.97 Å². The van der Waals surface area contributed by atoms with Gasteiger partial charge in [-0.3, -0.25) is 0 Å². The first kappa shape index (κ1) is 10.7. The third-order valence-electron chi connectivity index (χ3n) is 1.67. The zero-order valence-corrected chi connectivity index (χ0v) is 7.75. The molecule has 0 bridgehead atoms. The van der Waals surface area contributed by atoms with Gasteiger partial charge in [-0.05, 0) is 19.1 Å². The summed E-state index contributed by atoms with van der Waals surface area (Å²) < 4.78 is 4.72. The highest BCUT2D eigenvalue weighted by molar-refractivity contribution is 5.86. The van der Waals surface area contributed by atoms with Gasteiger partial charge in [0.25, 0.3) is 0 Å². The molecular weight excluding hydrogens is 184 g/mol. The molecule has 2 N–H and O–H groups in total. The van der Waals surface area contributed by atoms with Crippen LogP contribution >= 0.6 is 0 Å². The molecule has 0 spiro atoms. The van der Waals surface area contributed by atoms with Gasteiger partial charge in [-0.1, -0.05) is 12.2 Å². The van der Waals surface area contributed by atoms with E-state index in [1.807, 2.05) is 0 Å². The number of carbonyl (C=O) groups is 1. The molecule has 0 aromatic rings. The van der Waals surface area contributed by atoms with Crippen LogP contribution in [0.3, 0.4) is 0 Å². The summed E-state index contributed by atoms with van der Waals surface area (Å²) in [5.74, 6) is 0.0183. The first-order valence-corrected chi connectivity index (χ1v) is 4.24. The van der Waals surface area contributed by atoms with Crippen molar-refractivity contribution in [3.05, 3.63) is 36.1 Å². The van der Waals surface area contributed by atoms with E-state index in [-0.39, 0.29) is 0 Å². The van der Waals surface area contributed by atoms with Crippen LogP contribution in [0.15, 0.2) is 36.1 Å². The molecule has 0 saturated carbocycles. The van der Waals surface area contributed by atoms with Crippen molar-refractivity contribution in [2.45, 2.75) is 19.1 Å². The Morgan fingerprint density at radius 2 is 2.14 bits per heavy atom. The van der Waals surface area contributed by atoms with Crippen LogP contribution in [0.5, 0.6) is 0 Å². The van der Waals surface area contributed by atoms with E-state index in [0.29, 0.717) is 5.76 Å². The second-order valence-electron chi connectivity index (χ2n) is 2.94. The van der Waals surface area contributed by atoms with Crippen LogP contribution in [0.25, 0.3) is 0 Å². The van der Waals surface area contributed by atoms with Gasteiger partial charge in [-0.25, -0.2) is 4.79 Å². The predicted octanol–water partition coefficient (Wildman–Crippen LogP) is 0.281. The fourth-order valence-electron chi connectivity index (χ4n) is 0.849. The number of hydrogen-bond donors (Lipinski definition) is 2. The highest BCUT2D eigenvalue weighted by Crippen LogP contribution is 2.08. The van der Waals surface area contributed by atoms with Crippen LogP contribution in [-0.2, 0) is 9.53 Å². The van der Waals surface area contributed by atoms with E-state index in [2.05, 4.69) is 0 Å². The van der Waals surface area contributed by atoms with Gasteiger partial charge in [-0.2, -0.15) is 0 Å². The van der Waals surface area contributed by atoms with Crippen molar-refractivity contribution < 1.29 is 19.7 Å². The monoisotopic (exact) mass is 196 g/mol. The Morgan fingerprint density at radius 1 is 1.43 bits per heavy atom. The zero-order valence-electron chi connectivity index (χ0n) is 7.75. The minimum Gasteiger partial charge on any atom is -0.423 e. The quantitative estimate of drug-likeness (QED) is 0.636. The number of ether oxygens (including phenoxy) is 1. The van der Waals surface area contributed by atoms with Crippen molar-refractivity contribution in [2.24, 2.45) is 0 Å². The number of esters is 1. The molecule has 0 saturated heterocycles. The number of allylic oxidation sites excluding steroid dienone is 3. The topological polar surface area (TPSA) is 66.8 Å². The van der Waals surface area contributed by atoms with Crippen LogP contribution in [0.4, 0.5) is 0 Å². The van der Waals surface area contributed by atoms with E-state index < -0.39 is 18.2 Å². The summed E-state index contributed by atoms with van der Waals surface area (Å²) in [6, 6.07) is 0. The summed E-state index contributed by atoms with van der Waals surface area (Å²) in [6.45, 7) is 1.48. The Kier molecular flexibility index (Phi) is 3.62. The predicted molar refractivity (Wildman–Crippen MR) is 50.1 cm³/mol. The summed E-state index contributed by atoms with van der Waals surface area (Å²) in [5.41, 5.74) is 0. The minimum absolute atomic E-state index is 0.402. The van der Waals surface area contributed by atoms with Gasteiger partial charge in [0.05, 0.1) is 12.2 Å². The van der Waals surface area contributed by atoms with E-state index in [4.69, 9.17) is 14.9 Å². The number of carbonyl (C=O) groups excluding carboxylic acids is 1. The molecule has 0 aromatic carbocycles. The number of aliphatic hydroxyl groups is 2. The summed E-state index contributed by atoms with van der Waals surface area (Å²) in [7, 11) is 0. The molecule has 0 aromatic heterocycles. The first-order chi connectivity index (χ1) is 6.59. The number of aliphatic hydroxyl groups excluding tert-OH is 2. The van der Waals surface area contributed by atoms with Gasteiger partial charge in [0, 0.05) is 6.08 Å². The van der Waals surface area contributed by atoms with Crippen LogP contribution in [0.1, 0.15) is 6.92 Å². The molecule has 0 fully saturated rings. The summed E-state index contributed by atoms with van der Waals surface area (Å²) in [4.78, 5) is 10.6. The van der Waals surface area contributed by atoms with Gasteiger partial charge in [0.2, 0.25) is 0 Å². The minimum atomic E-state index is -0.909. The standard InChI is InChI=1S/C10H12O4/c1-7(11)9(12)4-2-3-8-5-6-10(13)14-8/h2-7,9,11-12H,1H3/b4-2+,8-3+. The SMILES string of the molecule is CC(O)C(O)/C=C/C=C1\C=CC(=O)O1. The van der Waals surface area contributed by atoms with Gasteiger partial charge >= 0.3 is 5.97 Å².